The van der Waals surface area contributed by atoms with Crippen molar-refractivity contribution in [3.63, 3.8) is 0 Å². The largest absolute Gasteiger partial charge is 0.239 e. The molecule has 1 radical (unpaired) electrons. The Kier molecular flexibility index (Phi) is 2.58. The van der Waals surface area contributed by atoms with E-state index in [2.05, 4.69) is 49.3 Å². The number of rotatable bonds is 2. The van der Waals surface area contributed by atoms with Gasteiger partial charge in [-0.3, -0.25) is 0 Å². The van der Waals surface area contributed by atoms with Crippen molar-refractivity contribution in [3.8, 4) is 0 Å². The first kappa shape index (κ1) is 9.97. The molecule has 0 saturated heterocycles. The number of aliphatic imine (C=N–C) groups is 1. The van der Waals surface area contributed by atoms with E-state index in [1.54, 1.807) is 12.4 Å². The average Bonchev–Trinajstić information content (AvgIpc) is 2.67. The molecular formula is C13H15N2. The third-order valence-electron chi connectivity index (χ3n) is 2.61. The first-order valence-electron chi connectivity index (χ1n) is 5.18. The summed E-state index contributed by atoms with van der Waals surface area (Å²) < 4.78 is 0. The Morgan fingerprint density at radius 3 is 2.20 bits per heavy atom. The fraction of sp³-hybridized carbons (Fsp3) is 0.308. The molecule has 0 unspecified atom stereocenters. The molecule has 0 spiro atoms. The molecule has 2 heteroatoms. The molecule has 15 heavy (non-hydrogen) atoms. The lowest BCUT2D eigenvalue weighted by atomic mass is 9.96. The molecule has 2 rings (SSSR count). The Bertz CT molecular complexity index is 410. The maximum Gasteiger partial charge on any atom is 0.135 e. The smallest absolute Gasteiger partial charge is 0.135 e. The molecule has 1 atom stereocenters. The molecule has 0 aromatic heterocycles. The van der Waals surface area contributed by atoms with Gasteiger partial charge in [-0.15, -0.1) is 0 Å². The summed E-state index contributed by atoms with van der Waals surface area (Å²) in [5, 5.41) is 4.24. The van der Waals surface area contributed by atoms with Gasteiger partial charge in [0.05, 0.1) is 0 Å². The highest BCUT2D eigenvalue weighted by Gasteiger charge is 2.15. The van der Waals surface area contributed by atoms with Crippen LogP contribution in [0.4, 0.5) is 0 Å². The Hall–Kier alpha value is -1.57. The summed E-state index contributed by atoms with van der Waals surface area (Å²) in [6, 6.07) is 6.59. The minimum absolute atomic E-state index is 0.276. The van der Waals surface area contributed by atoms with Crippen molar-refractivity contribution in [2.24, 2.45) is 4.99 Å². The lowest BCUT2D eigenvalue weighted by Gasteiger charge is -2.12. The summed E-state index contributed by atoms with van der Waals surface area (Å²) in [6.45, 7) is 6.38. The third kappa shape index (κ3) is 2.09. The summed E-state index contributed by atoms with van der Waals surface area (Å²) in [5.41, 5.74) is 3.88. The van der Waals surface area contributed by atoms with Gasteiger partial charge in [-0.1, -0.05) is 36.2 Å². The van der Waals surface area contributed by atoms with E-state index >= 15 is 0 Å². The highest BCUT2D eigenvalue weighted by atomic mass is 15.0. The van der Waals surface area contributed by atoms with Gasteiger partial charge in [0.15, 0.2) is 0 Å². The Morgan fingerprint density at radius 1 is 1.00 bits per heavy atom. The van der Waals surface area contributed by atoms with E-state index in [0.29, 0.717) is 0 Å². The highest BCUT2D eigenvalue weighted by Crippen LogP contribution is 2.21. The topological polar surface area (TPSA) is 26.5 Å². The van der Waals surface area contributed by atoms with Crippen molar-refractivity contribution >= 4 is 5.84 Å². The molecule has 1 aromatic rings. The number of hydrogen-bond donors (Lipinski definition) is 0. The van der Waals surface area contributed by atoms with Crippen molar-refractivity contribution < 1.29 is 0 Å². The quantitative estimate of drug-likeness (QED) is 0.700. The fourth-order valence-corrected chi connectivity index (χ4v) is 1.89. The lowest BCUT2D eigenvalue weighted by molar-refractivity contribution is 0.968. The van der Waals surface area contributed by atoms with Gasteiger partial charge in [-0.05, 0) is 19.4 Å². The summed E-state index contributed by atoms with van der Waals surface area (Å²) in [6.07, 6.45) is 3.49. The average molecular weight is 199 g/mol. The maximum atomic E-state index is 4.24. The molecule has 1 aromatic carbocycles. The molecule has 0 bridgehead atoms. The van der Waals surface area contributed by atoms with E-state index in [-0.39, 0.29) is 5.92 Å². The van der Waals surface area contributed by atoms with Crippen LogP contribution in [-0.4, -0.2) is 5.84 Å². The van der Waals surface area contributed by atoms with Gasteiger partial charge >= 0.3 is 0 Å². The van der Waals surface area contributed by atoms with Gasteiger partial charge in [0.25, 0.3) is 0 Å². The predicted molar refractivity (Wildman–Crippen MR) is 63.0 cm³/mol. The molecule has 0 saturated carbocycles. The standard InChI is InChI=1S/C13H15N2/c1-9-6-10(2)8-12(7-9)11(3)13-14-4-5-15-13/h4-8,11H,1-3H3/t11-/m0/s1. The number of aryl methyl sites for hydroxylation is 2. The second-order valence-corrected chi connectivity index (χ2v) is 4.06. The van der Waals surface area contributed by atoms with Gasteiger partial charge in [-0.25, -0.2) is 10.3 Å². The Labute approximate surface area is 90.7 Å². The zero-order valence-electron chi connectivity index (χ0n) is 9.36. The molecule has 1 heterocycles. The normalized spacial score (nSPS) is 16.1. The molecule has 0 aliphatic carbocycles. The monoisotopic (exact) mass is 199 g/mol. The third-order valence-corrected chi connectivity index (χ3v) is 2.61. The van der Waals surface area contributed by atoms with Crippen LogP contribution >= 0.6 is 0 Å². The number of amidine groups is 1. The molecule has 0 fully saturated rings. The Morgan fingerprint density at radius 2 is 1.67 bits per heavy atom. The van der Waals surface area contributed by atoms with E-state index in [4.69, 9.17) is 0 Å². The van der Waals surface area contributed by atoms with Crippen LogP contribution < -0.4 is 5.32 Å². The minimum Gasteiger partial charge on any atom is -0.239 e. The number of benzene rings is 1. The summed E-state index contributed by atoms with van der Waals surface area (Å²) in [7, 11) is 0. The first-order chi connectivity index (χ1) is 7.16. The van der Waals surface area contributed by atoms with E-state index in [1.165, 1.54) is 16.7 Å². The molecular weight excluding hydrogens is 184 g/mol. The SMILES string of the molecule is Cc1cc(C)cc([C@H](C)C2=NC=C[N]2)c1. The summed E-state index contributed by atoms with van der Waals surface area (Å²) >= 11 is 0. The van der Waals surface area contributed by atoms with Crippen LogP contribution in [0.15, 0.2) is 35.6 Å². The highest BCUT2D eigenvalue weighted by molar-refractivity contribution is 5.91. The molecule has 77 valence electrons. The van der Waals surface area contributed by atoms with Crippen molar-refractivity contribution in [1.29, 1.82) is 0 Å². The molecule has 2 nitrogen and oxygen atoms in total. The number of nitrogens with zero attached hydrogens (tertiary/aromatic N) is 2. The van der Waals surface area contributed by atoms with Gasteiger partial charge in [-0.2, -0.15) is 0 Å². The second kappa shape index (κ2) is 3.89. The van der Waals surface area contributed by atoms with E-state index < -0.39 is 0 Å². The van der Waals surface area contributed by atoms with Crippen LogP contribution in [0.25, 0.3) is 0 Å². The van der Waals surface area contributed by atoms with Crippen molar-refractivity contribution in [2.75, 3.05) is 0 Å². The van der Waals surface area contributed by atoms with Crippen LogP contribution in [-0.2, 0) is 0 Å². The zero-order chi connectivity index (χ0) is 10.8. The van der Waals surface area contributed by atoms with E-state index in [0.717, 1.165) is 5.84 Å². The molecule has 0 N–H and O–H groups in total. The van der Waals surface area contributed by atoms with Gasteiger partial charge in [0.1, 0.15) is 5.84 Å². The molecule has 1 aliphatic heterocycles. The summed E-state index contributed by atoms with van der Waals surface area (Å²) in [5.74, 6) is 1.18. The van der Waals surface area contributed by atoms with Gasteiger partial charge < -0.3 is 0 Å². The van der Waals surface area contributed by atoms with Crippen LogP contribution in [0.5, 0.6) is 0 Å². The van der Waals surface area contributed by atoms with Crippen molar-refractivity contribution in [2.45, 2.75) is 26.7 Å². The van der Waals surface area contributed by atoms with Crippen molar-refractivity contribution in [3.05, 3.63) is 47.3 Å². The van der Waals surface area contributed by atoms with Gasteiger partial charge in [0.2, 0.25) is 0 Å². The zero-order valence-corrected chi connectivity index (χ0v) is 9.36. The van der Waals surface area contributed by atoms with Crippen LogP contribution in [0.1, 0.15) is 29.5 Å². The first-order valence-corrected chi connectivity index (χ1v) is 5.18. The number of hydrogen-bond acceptors (Lipinski definition) is 1. The van der Waals surface area contributed by atoms with Crippen molar-refractivity contribution in [1.82, 2.24) is 5.32 Å². The van der Waals surface area contributed by atoms with E-state index in [1.807, 2.05) is 0 Å². The predicted octanol–water partition coefficient (Wildman–Crippen LogP) is 2.89. The molecule has 1 aliphatic rings. The second-order valence-electron chi connectivity index (χ2n) is 4.06. The maximum absolute atomic E-state index is 4.24. The molecule has 0 amide bonds. The fourth-order valence-electron chi connectivity index (χ4n) is 1.89. The summed E-state index contributed by atoms with van der Waals surface area (Å²) in [4.78, 5) is 4.24. The Balaban J connectivity index is 2.29. The van der Waals surface area contributed by atoms with Crippen LogP contribution in [0, 0.1) is 13.8 Å². The minimum atomic E-state index is 0.276. The van der Waals surface area contributed by atoms with Crippen LogP contribution in [0.3, 0.4) is 0 Å². The van der Waals surface area contributed by atoms with Gasteiger partial charge in [0, 0.05) is 18.3 Å². The van der Waals surface area contributed by atoms with E-state index in [9.17, 15) is 0 Å². The lowest BCUT2D eigenvalue weighted by Crippen LogP contribution is -2.15. The van der Waals surface area contributed by atoms with Crippen LogP contribution in [0.2, 0.25) is 0 Å².